The smallest absolute Gasteiger partial charge is 0.305 e. The maximum atomic E-state index is 11.6. The third-order valence-electron chi connectivity index (χ3n) is 2.27. The summed E-state index contributed by atoms with van der Waals surface area (Å²) in [6, 6.07) is 5.99. The predicted octanol–water partition coefficient (Wildman–Crippen LogP) is 0.826. The van der Waals surface area contributed by atoms with Crippen LogP contribution in [-0.4, -0.2) is 24.3 Å². The maximum Gasteiger partial charge on any atom is 0.305 e. The maximum absolute atomic E-state index is 11.6. The summed E-state index contributed by atoms with van der Waals surface area (Å²) in [6.07, 6.45) is 1.33. The Hall–Kier alpha value is -2.55. The van der Waals surface area contributed by atoms with Gasteiger partial charge in [-0.2, -0.15) is 0 Å². The van der Waals surface area contributed by atoms with Crippen molar-refractivity contribution in [2.24, 2.45) is 0 Å². The molecule has 0 aliphatic heterocycles. The van der Waals surface area contributed by atoms with E-state index in [9.17, 15) is 14.4 Å². The normalized spacial score (nSPS) is 9.95. The Bertz CT molecular complexity index is 650. The fourth-order valence-corrected chi connectivity index (χ4v) is 1.63. The minimum Gasteiger partial charge on any atom is -0.459 e. The van der Waals surface area contributed by atoms with Gasteiger partial charge in [0.2, 0.25) is 0 Å². The molecule has 21 heavy (non-hydrogen) atoms. The van der Waals surface area contributed by atoms with E-state index in [1.165, 1.54) is 18.4 Å². The lowest BCUT2D eigenvalue weighted by Gasteiger charge is -2.06. The topological polar surface area (TPSA) is 114 Å². The van der Waals surface area contributed by atoms with Gasteiger partial charge in [-0.15, -0.1) is 0 Å². The molecule has 0 fully saturated rings. The molecule has 9 heteroatoms. The third kappa shape index (κ3) is 4.21. The molecular formula is C12H10BrN3O5. The van der Waals surface area contributed by atoms with Crippen molar-refractivity contribution in [2.75, 3.05) is 6.54 Å². The summed E-state index contributed by atoms with van der Waals surface area (Å²) in [5.74, 6) is -1.63. The number of furan rings is 2. The lowest BCUT2D eigenvalue weighted by atomic mass is 10.4. The number of halogens is 1. The van der Waals surface area contributed by atoms with Gasteiger partial charge in [0.1, 0.15) is 0 Å². The van der Waals surface area contributed by atoms with Crippen molar-refractivity contribution in [1.82, 2.24) is 16.2 Å². The zero-order valence-electron chi connectivity index (χ0n) is 10.5. The van der Waals surface area contributed by atoms with Crippen molar-refractivity contribution in [2.45, 2.75) is 0 Å². The van der Waals surface area contributed by atoms with Crippen LogP contribution in [0.25, 0.3) is 0 Å². The molecule has 3 N–H and O–H groups in total. The monoisotopic (exact) mass is 355 g/mol. The number of amides is 3. The summed E-state index contributed by atoms with van der Waals surface area (Å²) in [5, 5.41) is 2.33. The van der Waals surface area contributed by atoms with Gasteiger partial charge in [-0.25, -0.2) is 0 Å². The average molecular weight is 356 g/mol. The molecule has 0 radical (unpaired) electrons. The first-order valence-corrected chi connectivity index (χ1v) is 6.52. The summed E-state index contributed by atoms with van der Waals surface area (Å²) in [6.45, 7) is -0.324. The molecule has 0 aliphatic carbocycles. The van der Waals surface area contributed by atoms with Crippen LogP contribution in [0.4, 0.5) is 0 Å². The molecule has 2 aromatic rings. The van der Waals surface area contributed by atoms with Gasteiger partial charge in [0, 0.05) is 0 Å². The van der Waals surface area contributed by atoms with E-state index >= 15 is 0 Å². The van der Waals surface area contributed by atoms with Crippen molar-refractivity contribution in [3.8, 4) is 0 Å². The number of hydrogen-bond donors (Lipinski definition) is 3. The number of hydrogen-bond acceptors (Lipinski definition) is 5. The highest BCUT2D eigenvalue weighted by Gasteiger charge is 2.13. The summed E-state index contributed by atoms with van der Waals surface area (Å²) in [7, 11) is 0. The van der Waals surface area contributed by atoms with Crippen molar-refractivity contribution >= 4 is 33.7 Å². The summed E-state index contributed by atoms with van der Waals surface area (Å²) >= 11 is 3.06. The first kappa shape index (κ1) is 14.9. The molecule has 8 nitrogen and oxygen atoms in total. The van der Waals surface area contributed by atoms with Crippen LogP contribution < -0.4 is 16.2 Å². The van der Waals surface area contributed by atoms with Crippen molar-refractivity contribution < 1.29 is 23.2 Å². The van der Waals surface area contributed by atoms with E-state index in [0.29, 0.717) is 4.67 Å². The van der Waals surface area contributed by atoms with E-state index in [2.05, 4.69) is 32.1 Å². The van der Waals surface area contributed by atoms with Crippen molar-refractivity contribution in [3.05, 3.63) is 46.7 Å². The number of carbonyl (C=O) groups is 3. The molecule has 0 unspecified atom stereocenters. The quantitative estimate of drug-likeness (QED) is 0.702. The minimum atomic E-state index is -0.603. The highest BCUT2D eigenvalue weighted by atomic mass is 79.9. The number of carbonyl (C=O) groups excluding carboxylic acids is 3. The van der Waals surface area contributed by atoms with Gasteiger partial charge in [0.25, 0.3) is 11.8 Å². The largest absolute Gasteiger partial charge is 0.459 e. The highest BCUT2D eigenvalue weighted by Crippen LogP contribution is 2.13. The van der Waals surface area contributed by atoms with Crippen LogP contribution in [0.3, 0.4) is 0 Å². The molecule has 110 valence electrons. The van der Waals surface area contributed by atoms with Gasteiger partial charge in [0.15, 0.2) is 16.2 Å². The lowest BCUT2D eigenvalue weighted by Crippen LogP contribution is -2.46. The Labute approximate surface area is 127 Å². The van der Waals surface area contributed by atoms with Gasteiger partial charge in [0.05, 0.1) is 12.8 Å². The van der Waals surface area contributed by atoms with Gasteiger partial charge < -0.3 is 14.2 Å². The van der Waals surface area contributed by atoms with Crippen LogP contribution in [0.2, 0.25) is 0 Å². The minimum absolute atomic E-state index is 0.0553. The lowest BCUT2D eigenvalue weighted by molar-refractivity contribution is -0.120. The second-order valence-corrected chi connectivity index (χ2v) is 4.55. The molecule has 2 rings (SSSR count). The van der Waals surface area contributed by atoms with E-state index in [4.69, 9.17) is 8.83 Å². The van der Waals surface area contributed by atoms with E-state index in [1.807, 2.05) is 0 Å². The van der Waals surface area contributed by atoms with Gasteiger partial charge in [-0.05, 0) is 40.2 Å². The van der Waals surface area contributed by atoms with Crippen LogP contribution in [0.1, 0.15) is 21.1 Å². The summed E-state index contributed by atoms with van der Waals surface area (Å²) < 4.78 is 10.3. The second-order valence-electron chi connectivity index (χ2n) is 3.77. The van der Waals surface area contributed by atoms with E-state index in [0.717, 1.165) is 0 Å². The third-order valence-corrected chi connectivity index (χ3v) is 2.69. The van der Waals surface area contributed by atoms with E-state index < -0.39 is 17.7 Å². The summed E-state index contributed by atoms with van der Waals surface area (Å²) in [4.78, 5) is 34.5. The Balaban J connectivity index is 1.72. The molecule has 0 bridgehead atoms. The van der Waals surface area contributed by atoms with Crippen LogP contribution in [0.5, 0.6) is 0 Å². The van der Waals surface area contributed by atoms with Crippen LogP contribution >= 0.6 is 15.9 Å². The average Bonchev–Trinajstić information content (AvgIpc) is 3.13. The molecule has 0 aliphatic rings. The van der Waals surface area contributed by atoms with Crippen molar-refractivity contribution in [3.63, 3.8) is 0 Å². The standard InChI is InChI=1S/C12H10BrN3O5/c13-9-4-3-8(21-9)11(18)14-6-10(17)15-16-12(19)7-2-1-5-20-7/h1-5H,6H2,(H,14,18)(H,15,17)(H,16,19). The Morgan fingerprint density at radius 1 is 1.05 bits per heavy atom. The van der Waals surface area contributed by atoms with Crippen molar-refractivity contribution in [1.29, 1.82) is 0 Å². The van der Waals surface area contributed by atoms with E-state index in [-0.39, 0.29) is 18.1 Å². The molecule has 2 aromatic heterocycles. The van der Waals surface area contributed by atoms with Crippen LogP contribution in [0.15, 0.2) is 44.0 Å². The Kier molecular flexibility index (Phi) is 4.77. The summed E-state index contributed by atoms with van der Waals surface area (Å²) in [5.41, 5.74) is 4.27. The molecule has 3 amide bonds. The van der Waals surface area contributed by atoms with Gasteiger partial charge in [-0.3, -0.25) is 25.2 Å². The molecule has 0 saturated carbocycles. The zero-order chi connectivity index (χ0) is 15.2. The molecule has 0 spiro atoms. The first-order valence-electron chi connectivity index (χ1n) is 5.72. The van der Waals surface area contributed by atoms with Gasteiger partial charge >= 0.3 is 5.91 Å². The predicted molar refractivity (Wildman–Crippen MR) is 73.1 cm³/mol. The molecule has 0 atom stereocenters. The highest BCUT2D eigenvalue weighted by molar-refractivity contribution is 9.10. The molecule has 2 heterocycles. The zero-order valence-corrected chi connectivity index (χ0v) is 12.1. The number of hydrazine groups is 1. The molecular weight excluding hydrogens is 346 g/mol. The van der Waals surface area contributed by atoms with Gasteiger partial charge in [-0.1, -0.05) is 0 Å². The second kappa shape index (κ2) is 6.75. The SMILES string of the molecule is O=C(CNC(=O)c1ccc(Br)o1)NNC(=O)c1ccco1. The molecule has 0 aromatic carbocycles. The fraction of sp³-hybridized carbons (Fsp3) is 0.0833. The fourth-order valence-electron chi connectivity index (χ4n) is 1.32. The molecule has 0 saturated heterocycles. The number of nitrogens with one attached hydrogen (secondary N) is 3. The first-order chi connectivity index (χ1) is 10.1. The number of rotatable bonds is 4. The van der Waals surface area contributed by atoms with Crippen LogP contribution in [-0.2, 0) is 4.79 Å². The van der Waals surface area contributed by atoms with Crippen LogP contribution in [0, 0.1) is 0 Å². The Morgan fingerprint density at radius 2 is 1.86 bits per heavy atom. The Morgan fingerprint density at radius 3 is 2.48 bits per heavy atom. The van der Waals surface area contributed by atoms with E-state index in [1.54, 1.807) is 12.1 Å².